The van der Waals surface area contributed by atoms with Crippen molar-refractivity contribution in [3.63, 3.8) is 0 Å². The van der Waals surface area contributed by atoms with Gasteiger partial charge in [-0.1, -0.05) is 18.2 Å². The fraction of sp³-hybridized carbons (Fsp3) is 0.273. The molecular formula is C11H13NO3. The van der Waals surface area contributed by atoms with Crippen molar-refractivity contribution >= 4 is 11.8 Å². The van der Waals surface area contributed by atoms with E-state index >= 15 is 0 Å². The molecule has 4 nitrogen and oxygen atoms in total. The Morgan fingerprint density at radius 1 is 1.53 bits per heavy atom. The van der Waals surface area contributed by atoms with Crippen LogP contribution in [0.4, 0.5) is 5.69 Å². The van der Waals surface area contributed by atoms with Crippen molar-refractivity contribution in [1.82, 2.24) is 0 Å². The summed E-state index contributed by atoms with van der Waals surface area (Å²) in [4.78, 5) is 10.1. The number of nitrogens with zero attached hydrogens (tertiary/aromatic N) is 1. The predicted octanol–water partition coefficient (Wildman–Crippen LogP) is 2.30. The Morgan fingerprint density at radius 3 is 2.87 bits per heavy atom. The molecule has 0 aliphatic carbocycles. The van der Waals surface area contributed by atoms with Crippen LogP contribution >= 0.6 is 0 Å². The fourth-order valence-corrected chi connectivity index (χ4v) is 1.21. The minimum absolute atomic E-state index is 0.0873. The second-order valence-electron chi connectivity index (χ2n) is 3.21. The van der Waals surface area contributed by atoms with E-state index < -0.39 is 4.92 Å². The van der Waals surface area contributed by atoms with E-state index in [4.69, 9.17) is 5.11 Å². The normalized spacial score (nSPS) is 10.8. The third-order valence-corrected chi connectivity index (χ3v) is 2.07. The third-order valence-electron chi connectivity index (χ3n) is 2.07. The first kappa shape index (κ1) is 11.4. The lowest BCUT2D eigenvalue weighted by Gasteiger charge is -1.99. The summed E-state index contributed by atoms with van der Waals surface area (Å²) >= 11 is 0. The van der Waals surface area contributed by atoms with Gasteiger partial charge in [-0.3, -0.25) is 10.1 Å². The molecule has 0 saturated carbocycles. The molecule has 1 rings (SSSR count). The molecule has 0 unspecified atom stereocenters. The van der Waals surface area contributed by atoms with Gasteiger partial charge in [-0.15, -0.1) is 0 Å². The van der Waals surface area contributed by atoms with Crippen LogP contribution in [0.5, 0.6) is 0 Å². The van der Waals surface area contributed by atoms with E-state index in [1.165, 1.54) is 12.1 Å². The van der Waals surface area contributed by atoms with Crippen LogP contribution in [-0.2, 0) is 0 Å². The van der Waals surface area contributed by atoms with Gasteiger partial charge in [0.1, 0.15) is 0 Å². The van der Waals surface area contributed by atoms with E-state index in [1.807, 2.05) is 6.92 Å². The quantitative estimate of drug-likeness (QED) is 0.608. The first-order valence-electron chi connectivity index (χ1n) is 4.67. The van der Waals surface area contributed by atoms with Crippen molar-refractivity contribution in [3.8, 4) is 0 Å². The van der Waals surface area contributed by atoms with Crippen LogP contribution in [0.3, 0.4) is 0 Å². The predicted molar refractivity (Wildman–Crippen MR) is 58.6 cm³/mol. The van der Waals surface area contributed by atoms with Crippen LogP contribution in [-0.4, -0.2) is 16.6 Å². The molecule has 0 fully saturated rings. The number of nitro groups is 1. The summed E-state index contributed by atoms with van der Waals surface area (Å²) in [6.45, 7) is 1.98. The number of hydrogen-bond acceptors (Lipinski definition) is 3. The van der Waals surface area contributed by atoms with Gasteiger partial charge in [-0.2, -0.15) is 0 Å². The first-order valence-corrected chi connectivity index (χ1v) is 4.67. The van der Waals surface area contributed by atoms with Crippen molar-refractivity contribution in [3.05, 3.63) is 45.5 Å². The maximum Gasteiger partial charge on any atom is 0.270 e. The number of aryl methyl sites for hydroxylation is 1. The van der Waals surface area contributed by atoms with Gasteiger partial charge in [-0.25, -0.2) is 0 Å². The van der Waals surface area contributed by atoms with E-state index in [0.717, 1.165) is 11.1 Å². The summed E-state index contributed by atoms with van der Waals surface area (Å²) in [6, 6.07) is 4.73. The molecule has 0 atom stereocenters. The molecule has 15 heavy (non-hydrogen) atoms. The molecule has 1 aromatic carbocycles. The SMILES string of the molecule is Cc1ccc([N+](=O)[O-])cc1C=CCCO. The molecule has 80 valence electrons. The van der Waals surface area contributed by atoms with Crippen molar-refractivity contribution in [2.45, 2.75) is 13.3 Å². The van der Waals surface area contributed by atoms with E-state index in [-0.39, 0.29) is 12.3 Å². The molecule has 0 spiro atoms. The lowest BCUT2D eigenvalue weighted by Crippen LogP contribution is -1.90. The van der Waals surface area contributed by atoms with Gasteiger partial charge in [0.2, 0.25) is 0 Å². The number of benzene rings is 1. The Bertz CT molecular complexity index is 385. The van der Waals surface area contributed by atoms with Gasteiger partial charge in [-0.05, 0) is 24.5 Å². The number of rotatable bonds is 4. The number of nitro benzene ring substituents is 1. The number of aliphatic hydroxyl groups excluding tert-OH is 1. The Kier molecular flexibility index (Phi) is 4.00. The van der Waals surface area contributed by atoms with Gasteiger partial charge in [0.25, 0.3) is 5.69 Å². The standard InChI is InChI=1S/C11H13NO3/c1-9-5-6-11(12(14)15)8-10(9)4-2-3-7-13/h2,4-6,8,13H,3,7H2,1H3. The van der Waals surface area contributed by atoms with Crippen LogP contribution in [0.15, 0.2) is 24.3 Å². The van der Waals surface area contributed by atoms with Crippen LogP contribution in [0.1, 0.15) is 17.5 Å². The topological polar surface area (TPSA) is 63.4 Å². The zero-order chi connectivity index (χ0) is 11.3. The first-order chi connectivity index (χ1) is 7.15. The van der Waals surface area contributed by atoms with Gasteiger partial charge < -0.3 is 5.11 Å². The molecule has 0 bridgehead atoms. The number of non-ortho nitro benzene ring substituents is 1. The van der Waals surface area contributed by atoms with E-state index in [1.54, 1.807) is 18.2 Å². The molecule has 0 saturated heterocycles. The molecule has 0 heterocycles. The highest BCUT2D eigenvalue weighted by molar-refractivity contribution is 5.57. The van der Waals surface area contributed by atoms with Gasteiger partial charge in [0.15, 0.2) is 0 Å². The average molecular weight is 207 g/mol. The zero-order valence-corrected chi connectivity index (χ0v) is 8.51. The van der Waals surface area contributed by atoms with E-state index in [0.29, 0.717) is 6.42 Å². The lowest BCUT2D eigenvalue weighted by molar-refractivity contribution is -0.384. The van der Waals surface area contributed by atoms with Gasteiger partial charge in [0.05, 0.1) is 4.92 Å². The van der Waals surface area contributed by atoms with E-state index in [9.17, 15) is 10.1 Å². The van der Waals surface area contributed by atoms with E-state index in [2.05, 4.69) is 0 Å². The third kappa shape index (κ3) is 3.18. The summed E-state index contributed by atoms with van der Waals surface area (Å²) in [5, 5.41) is 19.1. The Balaban J connectivity index is 2.95. The summed E-state index contributed by atoms with van der Waals surface area (Å²) in [5.41, 5.74) is 1.89. The minimum Gasteiger partial charge on any atom is -0.396 e. The molecule has 0 aliphatic heterocycles. The largest absolute Gasteiger partial charge is 0.396 e. The fourth-order valence-electron chi connectivity index (χ4n) is 1.21. The Hall–Kier alpha value is -1.68. The van der Waals surface area contributed by atoms with Crippen molar-refractivity contribution in [2.75, 3.05) is 6.61 Å². The van der Waals surface area contributed by atoms with Gasteiger partial charge >= 0.3 is 0 Å². The number of aliphatic hydroxyl groups is 1. The smallest absolute Gasteiger partial charge is 0.270 e. The maximum atomic E-state index is 10.5. The zero-order valence-electron chi connectivity index (χ0n) is 8.51. The molecule has 4 heteroatoms. The monoisotopic (exact) mass is 207 g/mol. The molecule has 0 aromatic heterocycles. The maximum absolute atomic E-state index is 10.5. The van der Waals surface area contributed by atoms with Gasteiger partial charge in [0, 0.05) is 18.7 Å². The van der Waals surface area contributed by atoms with Crippen molar-refractivity contribution in [2.24, 2.45) is 0 Å². The average Bonchev–Trinajstić information content (AvgIpc) is 2.20. The van der Waals surface area contributed by atoms with Crippen LogP contribution in [0.25, 0.3) is 6.08 Å². The highest BCUT2D eigenvalue weighted by atomic mass is 16.6. The second-order valence-corrected chi connectivity index (χ2v) is 3.21. The minimum atomic E-state index is -0.414. The molecule has 1 N–H and O–H groups in total. The molecular weight excluding hydrogens is 194 g/mol. The summed E-state index contributed by atoms with van der Waals surface area (Å²) in [5.74, 6) is 0. The molecule has 0 amide bonds. The van der Waals surface area contributed by atoms with Crippen LogP contribution < -0.4 is 0 Å². The number of hydrogen-bond donors (Lipinski definition) is 1. The molecule has 1 aromatic rings. The van der Waals surface area contributed by atoms with Crippen LogP contribution in [0.2, 0.25) is 0 Å². The molecule has 0 aliphatic rings. The lowest BCUT2D eigenvalue weighted by atomic mass is 10.1. The highest BCUT2D eigenvalue weighted by Crippen LogP contribution is 2.18. The Labute approximate surface area is 88.0 Å². The van der Waals surface area contributed by atoms with Crippen molar-refractivity contribution in [1.29, 1.82) is 0 Å². The highest BCUT2D eigenvalue weighted by Gasteiger charge is 2.06. The second kappa shape index (κ2) is 5.26. The summed E-state index contributed by atoms with van der Waals surface area (Å²) in [6.07, 6.45) is 4.15. The summed E-state index contributed by atoms with van der Waals surface area (Å²) < 4.78 is 0. The summed E-state index contributed by atoms with van der Waals surface area (Å²) in [7, 11) is 0. The molecule has 0 radical (unpaired) electrons. The Morgan fingerprint density at radius 2 is 2.27 bits per heavy atom. The van der Waals surface area contributed by atoms with Crippen molar-refractivity contribution < 1.29 is 10.0 Å². The van der Waals surface area contributed by atoms with Crippen LogP contribution in [0, 0.1) is 17.0 Å².